The molecule has 0 radical (unpaired) electrons. The smallest absolute Gasteiger partial charge is 0.318 e. The summed E-state index contributed by atoms with van der Waals surface area (Å²) in [5.41, 5.74) is 7.15. The molecule has 0 aliphatic carbocycles. The lowest BCUT2D eigenvalue weighted by molar-refractivity contribution is -0.120. The molecule has 1 unspecified atom stereocenters. The van der Waals surface area contributed by atoms with Gasteiger partial charge >= 0.3 is 6.03 Å². The number of hydrogen-bond donors (Lipinski definition) is 2. The highest BCUT2D eigenvalue weighted by Crippen LogP contribution is 2.31. The van der Waals surface area contributed by atoms with Crippen LogP contribution in [0.4, 0.5) is 4.79 Å². The van der Waals surface area contributed by atoms with Crippen molar-refractivity contribution >= 4 is 23.7 Å². The van der Waals surface area contributed by atoms with Gasteiger partial charge in [-0.15, -0.1) is 10.2 Å². The Morgan fingerprint density at radius 1 is 1.09 bits per heavy atom. The summed E-state index contributed by atoms with van der Waals surface area (Å²) in [5, 5.41) is 10.7. The fourth-order valence-electron chi connectivity index (χ4n) is 3.31. The minimum Gasteiger partial charge on any atom is -0.485 e. The predicted octanol–water partition coefficient (Wildman–Crippen LogP) is 3.48. The number of benzene rings is 2. The number of nitrogens with two attached hydrogens (primary N) is 1. The van der Waals surface area contributed by atoms with Crippen LogP contribution in [0.5, 0.6) is 5.75 Å². The topological polar surface area (TPSA) is 121 Å². The number of thioether (sulfide) groups is 1. The lowest BCUT2D eigenvalue weighted by atomic mass is 10.1. The van der Waals surface area contributed by atoms with Crippen molar-refractivity contribution in [1.82, 2.24) is 20.1 Å². The minimum absolute atomic E-state index is 0.0747. The largest absolute Gasteiger partial charge is 0.485 e. The van der Waals surface area contributed by atoms with Gasteiger partial charge in [0.15, 0.2) is 11.0 Å². The number of nitrogens with one attached hydrogen (secondary N) is 1. The van der Waals surface area contributed by atoms with E-state index in [9.17, 15) is 9.59 Å². The van der Waals surface area contributed by atoms with Crippen LogP contribution in [0, 0.1) is 5.92 Å². The van der Waals surface area contributed by atoms with Crippen LogP contribution >= 0.6 is 11.8 Å². The second-order valence-electron chi connectivity index (χ2n) is 7.83. The highest BCUT2D eigenvalue weighted by atomic mass is 32.2. The van der Waals surface area contributed by atoms with E-state index in [1.54, 1.807) is 7.11 Å². The van der Waals surface area contributed by atoms with Crippen LogP contribution in [0.15, 0.2) is 59.8 Å². The van der Waals surface area contributed by atoms with E-state index in [-0.39, 0.29) is 12.5 Å². The van der Waals surface area contributed by atoms with Crippen LogP contribution < -0.4 is 15.8 Å². The number of ether oxygens (including phenoxy) is 2. The molecule has 180 valence electrons. The Kier molecular flexibility index (Phi) is 9.06. The standard InChI is InChI=1S/C24H29N5O4S/c1-16(2)21(22(30)26-23(25)31)34-24-28-27-20(29(24)13-14-32-3)15-33-19-12-8-7-11-18(19)17-9-5-4-6-10-17/h4-12,16,21H,13-15H2,1-3H3,(H3,25,26,30,31). The molecule has 3 aromatic rings. The molecular weight excluding hydrogens is 454 g/mol. The van der Waals surface area contributed by atoms with E-state index in [2.05, 4.69) is 15.5 Å². The SMILES string of the molecule is COCCn1c(COc2ccccc2-c2ccccc2)nnc1SC(C(=O)NC(N)=O)C(C)C. The Morgan fingerprint density at radius 2 is 1.79 bits per heavy atom. The first kappa shape index (κ1) is 25.3. The number of para-hydroxylation sites is 1. The number of amides is 3. The number of methoxy groups -OCH3 is 1. The zero-order valence-corrected chi connectivity index (χ0v) is 20.2. The average molecular weight is 484 g/mol. The third-order valence-corrected chi connectivity index (χ3v) is 6.51. The molecule has 0 bridgehead atoms. The number of urea groups is 1. The van der Waals surface area contributed by atoms with Gasteiger partial charge in [0.1, 0.15) is 12.4 Å². The number of carbonyl (C=O) groups is 2. The monoisotopic (exact) mass is 483 g/mol. The van der Waals surface area contributed by atoms with Crippen LogP contribution in [-0.4, -0.2) is 45.7 Å². The van der Waals surface area contributed by atoms with Crippen molar-refractivity contribution in [2.45, 2.75) is 37.4 Å². The van der Waals surface area contributed by atoms with Crippen molar-refractivity contribution in [1.29, 1.82) is 0 Å². The van der Waals surface area contributed by atoms with Gasteiger partial charge in [0.05, 0.1) is 11.9 Å². The summed E-state index contributed by atoms with van der Waals surface area (Å²) < 4.78 is 13.3. The van der Waals surface area contributed by atoms with Gasteiger partial charge in [0.25, 0.3) is 0 Å². The molecule has 1 aromatic heterocycles. The van der Waals surface area contributed by atoms with Gasteiger partial charge in [-0.1, -0.05) is 74.1 Å². The zero-order chi connectivity index (χ0) is 24.5. The van der Waals surface area contributed by atoms with Gasteiger partial charge < -0.3 is 19.8 Å². The molecule has 10 heteroatoms. The minimum atomic E-state index is -0.886. The first-order chi connectivity index (χ1) is 16.4. The first-order valence-corrected chi connectivity index (χ1v) is 11.7. The van der Waals surface area contributed by atoms with E-state index in [4.69, 9.17) is 15.2 Å². The quantitative estimate of drug-likeness (QED) is 0.401. The van der Waals surface area contributed by atoms with E-state index < -0.39 is 17.2 Å². The molecule has 0 fully saturated rings. The molecule has 9 nitrogen and oxygen atoms in total. The van der Waals surface area contributed by atoms with Gasteiger partial charge in [0, 0.05) is 19.2 Å². The zero-order valence-electron chi connectivity index (χ0n) is 19.4. The summed E-state index contributed by atoms with van der Waals surface area (Å²) in [6, 6.07) is 16.9. The Labute approximate surface area is 203 Å². The van der Waals surface area contributed by atoms with Crippen molar-refractivity contribution < 1.29 is 19.1 Å². The van der Waals surface area contributed by atoms with Crippen molar-refractivity contribution in [3.05, 3.63) is 60.4 Å². The summed E-state index contributed by atoms with van der Waals surface area (Å²) in [7, 11) is 1.61. The number of imide groups is 1. The summed E-state index contributed by atoms with van der Waals surface area (Å²) >= 11 is 1.22. The lowest BCUT2D eigenvalue weighted by Gasteiger charge is -2.19. The first-order valence-electron chi connectivity index (χ1n) is 10.9. The molecule has 1 heterocycles. The van der Waals surface area contributed by atoms with Crippen LogP contribution in [-0.2, 0) is 22.7 Å². The van der Waals surface area contributed by atoms with Crippen LogP contribution in [0.1, 0.15) is 19.7 Å². The number of carbonyl (C=O) groups excluding carboxylic acids is 2. The summed E-state index contributed by atoms with van der Waals surface area (Å²) in [6.45, 7) is 4.87. The predicted molar refractivity (Wildman–Crippen MR) is 130 cm³/mol. The summed E-state index contributed by atoms with van der Waals surface area (Å²) in [4.78, 5) is 23.6. The van der Waals surface area contributed by atoms with E-state index in [1.165, 1.54) is 11.8 Å². The van der Waals surface area contributed by atoms with Crippen molar-refractivity contribution in [2.24, 2.45) is 11.7 Å². The van der Waals surface area contributed by atoms with E-state index in [1.807, 2.05) is 73.0 Å². The molecule has 3 rings (SSSR count). The molecule has 3 amide bonds. The van der Waals surface area contributed by atoms with Crippen LogP contribution in [0.3, 0.4) is 0 Å². The number of nitrogens with zero attached hydrogens (tertiary/aromatic N) is 3. The van der Waals surface area contributed by atoms with Crippen LogP contribution in [0.2, 0.25) is 0 Å². The highest BCUT2D eigenvalue weighted by molar-refractivity contribution is 8.00. The molecule has 1 atom stereocenters. The molecular formula is C24H29N5O4S. The van der Waals surface area contributed by atoms with E-state index in [0.717, 1.165) is 16.9 Å². The van der Waals surface area contributed by atoms with Gasteiger partial charge in [-0.3, -0.25) is 10.1 Å². The summed E-state index contributed by atoms with van der Waals surface area (Å²) in [6.07, 6.45) is 0. The maximum atomic E-state index is 12.5. The molecule has 0 spiro atoms. The fraction of sp³-hybridized carbons (Fsp3) is 0.333. The molecule has 0 aliphatic heterocycles. The van der Waals surface area contributed by atoms with E-state index >= 15 is 0 Å². The molecule has 0 aliphatic rings. The lowest BCUT2D eigenvalue weighted by Crippen LogP contribution is -2.42. The Hall–Kier alpha value is -3.37. The van der Waals surface area contributed by atoms with Crippen molar-refractivity contribution in [3.63, 3.8) is 0 Å². The van der Waals surface area contributed by atoms with Crippen molar-refractivity contribution in [2.75, 3.05) is 13.7 Å². The van der Waals surface area contributed by atoms with Gasteiger partial charge in [-0.25, -0.2) is 4.79 Å². The Bertz CT molecular complexity index is 1100. The molecule has 0 saturated carbocycles. The number of rotatable bonds is 11. The van der Waals surface area contributed by atoms with E-state index in [0.29, 0.717) is 24.1 Å². The van der Waals surface area contributed by atoms with Crippen molar-refractivity contribution in [3.8, 4) is 16.9 Å². The number of aromatic nitrogens is 3. The molecule has 0 saturated heterocycles. The maximum absolute atomic E-state index is 12.5. The van der Waals surface area contributed by atoms with Crippen LogP contribution in [0.25, 0.3) is 11.1 Å². The van der Waals surface area contributed by atoms with Gasteiger partial charge in [-0.05, 0) is 17.5 Å². The molecule has 34 heavy (non-hydrogen) atoms. The maximum Gasteiger partial charge on any atom is 0.318 e. The fourth-order valence-corrected chi connectivity index (χ4v) is 4.39. The Balaban J connectivity index is 1.82. The van der Waals surface area contributed by atoms with Gasteiger partial charge in [0.2, 0.25) is 5.91 Å². The second kappa shape index (κ2) is 12.2. The second-order valence-corrected chi connectivity index (χ2v) is 8.94. The number of primary amides is 1. The third-order valence-electron chi connectivity index (χ3n) is 4.98. The summed E-state index contributed by atoms with van der Waals surface area (Å²) in [5.74, 6) is 0.781. The Morgan fingerprint density at radius 3 is 2.47 bits per heavy atom. The average Bonchev–Trinajstić information content (AvgIpc) is 3.21. The highest BCUT2D eigenvalue weighted by Gasteiger charge is 2.27. The van der Waals surface area contributed by atoms with Gasteiger partial charge in [-0.2, -0.15) is 0 Å². The number of hydrogen-bond acceptors (Lipinski definition) is 7. The molecule has 3 N–H and O–H groups in total. The normalized spacial score (nSPS) is 11.9. The third kappa shape index (κ3) is 6.58. The molecule has 2 aromatic carbocycles.